The molecule has 0 aliphatic rings. The summed E-state index contributed by atoms with van der Waals surface area (Å²) in [6.07, 6.45) is 0.767. The number of anilines is 1. The third-order valence-corrected chi connectivity index (χ3v) is 5.05. The van der Waals surface area contributed by atoms with Gasteiger partial charge in [0.2, 0.25) is 11.7 Å². The van der Waals surface area contributed by atoms with Crippen LogP contribution >= 0.6 is 0 Å². The van der Waals surface area contributed by atoms with E-state index >= 15 is 0 Å². The maximum Gasteiger partial charge on any atom is 0.249 e. The molecule has 156 valence electrons. The Morgan fingerprint density at radius 2 is 2.03 bits per heavy atom. The number of amides is 1. The van der Waals surface area contributed by atoms with Crippen molar-refractivity contribution in [1.29, 1.82) is 5.26 Å². The van der Waals surface area contributed by atoms with Crippen molar-refractivity contribution in [2.75, 3.05) is 19.0 Å². The number of hydrogen-bond acceptors (Lipinski definition) is 6. The number of nitrogens with one attached hydrogen (secondary N) is 1. The molecule has 0 radical (unpaired) electrons. The molecule has 0 atom stereocenters. The van der Waals surface area contributed by atoms with Crippen molar-refractivity contribution in [2.45, 2.75) is 40.3 Å². The molecule has 0 fully saturated rings. The van der Waals surface area contributed by atoms with Crippen LogP contribution in [0.5, 0.6) is 0 Å². The van der Waals surface area contributed by atoms with Gasteiger partial charge in [0, 0.05) is 31.5 Å². The standard InChI is InChI=1S/C21H25N7O2/c1-14-8-5-6-9-17(14)20-24-26-28(25-20)13-19(29)23-21-18(12-22)15(2)16(3)27(21)10-7-11-30-4/h5-6,8-9H,7,10-11,13H2,1-4H3,(H,23,29). The van der Waals surface area contributed by atoms with Gasteiger partial charge in [-0.1, -0.05) is 24.3 Å². The average Bonchev–Trinajstić information content (AvgIpc) is 3.26. The minimum Gasteiger partial charge on any atom is -0.385 e. The number of aryl methyl sites for hydroxylation is 1. The Hall–Kier alpha value is -3.51. The van der Waals surface area contributed by atoms with Crippen LogP contribution in [0.4, 0.5) is 5.82 Å². The van der Waals surface area contributed by atoms with Crippen molar-refractivity contribution < 1.29 is 9.53 Å². The second-order valence-corrected chi connectivity index (χ2v) is 7.05. The Labute approximate surface area is 175 Å². The quantitative estimate of drug-likeness (QED) is 0.575. The van der Waals surface area contributed by atoms with E-state index in [1.165, 1.54) is 4.80 Å². The molecule has 0 aliphatic carbocycles. The Morgan fingerprint density at radius 3 is 2.73 bits per heavy atom. The van der Waals surface area contributed by atoms with Gasteiger partial charge in [-0.2, -0.15) is 10.1 Å². The first-order valence-corrected chi connectivity index (χ1v) is 9.68. The van der Waals surface area contributed by atoms with Gasteiger partial charge in [-0.3, -0.25) is 4.79 Å². The molecule has 2 aromatic heterocycles. The second kappa shape index (κ2) is 9.33. The zero-order valence-electron chi connectivity index (χ0n) is 17.6. The van der Waals surface area contributed by atoms with E-state index in [4.69, 9.17) is 4.74 Å². The zero-order valence-corrected chi connectivity index (χ0v) is 17.6. The first kappa shape index (κ1) is 21.2. The lowest BCUT2D eigenvalue weighted by molar-refractivity contribution is -0.117. The maximum absolute atomic E-state index is 12.7. The predicted octanol–water partition coefficient (Wildman–Crippen LogP) is 2.61. The number of carbonyl (C=O) groups is 1. The fourth-order valence-corrected chi connectivity index (χ4v) is 3.32. The van der Waals surface area contributed by atoms with Crippen molar-refractivity contribution in [3.05, 3.63) is 46.6 Å². The third kappa shape index (κ3) is 4.39. The number of methoxy groups -OCH3 is 1. The number of hydrogen-bond donors (Lipinski definition) is 1. The lowest BCUT2D eigenvalue weighted by Gasteiger charge is -2.12. The van der Waals surface area contributed by atoms with Crippen molar-refractivity contribution >= 4 is 11.7 Å². The normalized spacial score (nSPS) is 10.8. The van der Waals surface area contributed by atoms with Gasteiger partial charge in [0.15, 0.2) is 0 Å². The molecular weight excluding hydrogens is 382 g/mol. The third-order valence-electron chi connectivity index (χ3n) is 5.05. The molecule has 0 saturated carbocycles. The minimum absolute atomic E-state index is 0.106. The lowest BCUT2D eigenvalue weighted by atomic mass is 10.1. The summed E-state index contributed by atoms with van der Waals surface area (Å²) in [6.45, 7) is 6.91. The summed E-state index contributed by atoms with van der Waals surface area (Å²) >= 11 is 0. The number of ether oxygens (including phenoxy) is 1. The smallest absolute Gasteiger partial charge is 0.249 e. The Bertz CT molecular complexity index is 1090. The number of tetrazole rings is 1. The van der Waals surface area contributed by atoms with Gasteiger partial charge in [0.25, 0.3) is 0 Å². The first-order valence-electron chi connectivity index (χ1n) is 9.68. The SMILES string of the molecule is COCCCn1c(C)c(C)c(C#N)c1NC(=O)Cn1nnc(-c2ccccc2C)n1. The van der Waals surface area contributed by atoms with Gasteiger partial charge in [-0.25, -0.2) is 0 Å². The van der Waals surface area contributed by atoms with E-state index < -0.39 is 0 Å². The molecule has 1 N–H and O–H groups in total. The van der Waals surface area contributed by atoms with Gasteiger partial charge in [0.1, 0.15) is 18.4 Å². The summed E-state index contributed by atoms with van der Waals surface area (Å²) < 4.78 is 7.06. The topological polar surface area (TPSA) is 111 Å². The molecule has 1 amide bonds. The molecule has 2 heterocycles. The van der Waals surface area contributed by atoms with Crippen LogP contribution in [-0.4, -0.2) is 44.4 Å². The average molecular weight is 407 g/mol. The van der Waals surface area contributed by atoms with E-state index in [0.717, 1.165) is 28.8 Å². The van der Waals surface area contributed by atoms with Crippen molar-refractivity contribution in [3.8, 4) is 17.5 Å². The number of nitrogens with zero attached hydrogens (tertiary/aromatic N) is 6. The summed E-state index contributed by atoms with van der Waals surface area (Å²) in [6, 6.07) is 9.92. The van der Waals surface area contributed by atoms with Gasteiger partial charge < -0.3 is 14.6 Å². The van der Waals surface area contributed by atoms with Crippen LogP contribution in [0.2, 0.25) is 0 Å². The van der Waals surface area contributed by atoms with Crippen molar-refractivity contribution in [1.82, 2.24) is 24.8 Å². The fraction of sp³-hybridized carbons (Fsp3) is 0.381. The van der Waals surface area contributed by atoms with Crippen LogP contribution in [0.3, 0.4) is 0 Å². The number of benzene rings is 1. The second-order valence-electron chi connectivity index (χ2n) is 7.05. The number of nitriles is 1. The van der Waals surface area contributed by atoms with E-state index in [2.05, 4.69) is 26.8 Å². The van der Waals surface area contributed by atoms with Gasteiger partial charge in [-0.05, 0) is 43.5 Å². The molecule has 9 nitrogen and oxygen atoms in total. The van der Waals surface area contributed by atoms with Crippen LogP contribution in [0.25, 0.3) is 11.4 Å². The molecule has 3 aromatic rings. The number of aromatic nitrogens is 5. The van der Waals surface area contributed by atoms with Crippen LogP contribution in [0.1, 0.15) is 28.8 Å². The molecule has 9 heteroatoms. The maximum atomic E-state index is 12.7. The molecule has 30 heavy (non-hydrogen) atoms. The lowest BCUT2D eigenvalue weighted by Crippen LogP contribution is -2.23. The highest BCUT2D eigenvalue weighted by Crippen LogP contribution is 2.26. The Morgan fingerprint density at radius 1 is 1.27 bits per heavy atom. The number of rotatable bonds is 8. The molecule has 0 spiro atoms. The minimum atomic E-state index is -0.328. The monoisotopic (exact) mass is 407 g/mol. The van der Waals surface area contributed by atoms with E-state index in [-0.39, 0.29) is 12.5 Å². The summed E-state index contributed by atoms with van der Waals surface area (Å²) in [5.41, 5.74) is 4.16. The molecule has 3 rings (SSSR count). The summed E-state index contributed by atoms with van der Waals surface area (Å²) in [4.78, 5) is 13.9. The van der Waals surface area contributed by atoms with E-state index in [1.807, 2.05) is 49.6 Å². The Kier molecular flexibility index (Phi) is 6.59. The molecule has 0 unspecified atom stereocenters. The largest absolute Gasteiger partial charge is 0.385 e. The first-order chi connectivity index (χ1) is 14.5. The highest BCUT2D eigenvalue weighted by molar-refractivity contribution is 5.91. The molecule has 0 bridgehead atoms. The van der Waals surface area contributed by atoms with Crippen LogP contribution in [-0.2, 0) is 22.6 Å². The zero-order chi connectivity index (χ0) is 21.7. The predicted molar refractivity (Wildman–Crippen MR) is 112 cm³/mol. The van der Waals surface area contributed by atoms with E-state index in [9.17, 15) is 10.1 Å². The van der Waals surface area contributed by atoms with Crippen molar-refractivity contribution in [2.24, 2.45) is 0 Å². The van der Waals surface area contributed by atoms with Crippen molar-refractivity contribution in [3.63, 3.8) is 0 Å². The fourth-order valence-electron chi connectivity index (χ4n) is 3.32. The van der Waals surface area contributed by atoms with Crippen LogP contribution in [0.15, 0.2) is 24.3 Å². The van der Waals surface area contributed by atoms with E-state index in [1.54, 1.807) is 7.11 Å². The highest BCUT2D eigenvalue weighted by Gasteiger charge is 2.20. The van der Waals surface area contributed by atoms with Gasteiger partial charge >= 0.3 is 0 Å². The van der Waals surface area contributed by atoms with Crippen LogP contribution in [0, 0.1) is 32.1 Å². The molecule has 0 saturated heterocycles. The van der Waals surface area contributed by atoms with Gasteiger partial charge in [-0.15, -0.1) is 10.2 Å². The summed E-state index contributed by atoms with van der Waals surface area (Å²) in [7, 11) is 1.65. The van der Waals surface area contributed by atoms with E-state index in [0.29, 0.717) is 30.4 Å². The number of carbonyl (C=O) groups excluding carboxylic acids is 1. The summed E-state index contributed by atoms with van der Waals surface area (Å²) in [5.74, 6) is 0.631. The molecule has 1 aromatic carbocycles. The Balaban J connectivity index is 1.78. The summed E-state index contributed by atoms with van der Waals surface area (Å²) in [5, 5.41) is 24.8. The van der Waals surface area contributed by atoms with Gasteiger partial charge in [0.05, 0.1) is 5.56 Å². The molecular formula is C21H25N7O2. The highest BCUT2D eigenvalue weighted by atomic mass is 16.5. The molecule has 0 aliphatic heterocycles. The van der Waals surface area contributed by atoms with Crippen LogP contribution < -0.4 is 5.32 Å².